The van der Waals surface area contributed by atoms with Crippen LogP contribution in [0.1, 0.15) is 50.2 Å². The largest absolute Gasteiger partial charge is 0.481 e. The summed E-state index contributed by atoms with van der Waals surface area (Å²) in [5.74, 6) is 0.0633. The van der Waals surface area contributed by atoms with Gasteiger partial charge in [-0.1, -0.05) is 24.4 Å². The third-order valence-electron chi connectivity index (χ3n) is 3.48. The van der Waals surface area contributed by atoms with Crippen molar-refractivity contribution in [3.63, 3.8) is 0 Å². The van der Waals surface area contributed by atoms with Crippen LogP contribution in [0, 0.1) is 0 Å². The molecule has 1 aromatic heterocycles. The van der Waals surface area contributed by atoms with Crippen molar-refractivity contribution in [3.8, 4) is 0 Å². The average molecular weight is 254 g/mol. The number of carboxylic acid groups (broad SMARTS) is 1. The lowest BCUT2D eigenvalue weighted by Crippen LogP contribution is -2.32. The second-order valence-electron chi connectivity index (χ2n) is 4.66. The van der Waals surface area contributed by atoms with Gasteiger partial charge in [0.15, 0.2) is 0 Å². The van der Waals surface area contributed by atoms with E-state index in [4.69, 9.17) is 14.4 Å². The number of methoxy groups -OCH3 is 1. The third kappa shape index (κ3) is 2.69. The van der Waals surface area contributed by atoms with Gasteiger partial charge in [0.05, 0.1) is 6.42 Å². The van der Waals surface area contributed by atoms with Crippen molar-refractivity contribution in [2.75, 3.05) is 7.11 Å². The van der Waals surface area contributed by atoms with E-state index < -0.39 is 11.6 Å². The van der Waals surface area contributed by atoms with Gasteiger partial charge in [0, 0.05) is 13.5 Å². The molecule has 0 bridgehead atoms. The van der Waals surface area contributed by atoms with Gasteiger partial charge in [0.2, 0.25) is 11.7 Å². The predicted octanol–water partition coefficient (Wildman–Crippen LogP) is 1.89. The lowest BCUT2D eigenvalue weighted by atomic mass is 9.84. The van der Waals surface area contributed by atoms with Crippen LogP contribution < -0.4 is 0 Å². The minimum Gasteiger partial charge on any atom is -0.481 e. The van der Waals surface area contributed by atoms with E-state index in [1.165, 1.54) is 6.42 Å². The van der Waals surface area contributed by atoms with E-state index in [0.29, 0.717) is 11.7 Å². The second-order valence-corrected chi connectivity index (χ2v) is 4.66. The van der Waals surface area contributed by atoms with E-state index in [1.807, 2.05) is 0 Å². The lowest BCUT2D eigenvalue weighted by molar-refractivity contribution is -0.137. The molecule has 1 saturated carbocycles. The van der Waals surface area contributed by atoms with Crippen molar-refractivity contribution in [2.45, 2.75) is 50.5 Å². The molecule has 1 fully saturated rings. The molecule has 1 N–H and O–H groups in total. The van der Waals surface area contributed by atoms with Gasteiger partial charge < -0.3 is 14.4 Å². The maximum Gasteiger partial charge on any atom is 0.303 e. The zero-order valence-electron chi connectivity index (χ0n) is 10.5. The molecule has 2 rings (SSSR count). The summed E-state index contributed by atoms with van der Waals surface area (Å²) in [5, 5.41) is 12.6. The van der Waals surface area contributed by atoms with Crippen LogP contribution in [-0.4, -0.2) is 28.3 Å². The predicted molar refractivity (Wildman–Crippen MR) is 62.0 cm³/mol. The normalized spacial score (nSPS) is 18.7. The fourth-order valence-electron chi connectivity index (χ4n) is 2.40. The third-order valence-corrected chi connectivity index (χ3v) is 3.48. The number of ether oxygens (including phenoxy) is 1. The number of hydrogen-bond donors (Lipinski definition) is 1. The SMILES string of the molecule is COC1(c2noc(CCC(=O)O)n2)CCCCC1. The van der Waals surface area contributed by atoms with Gasteiger partial charge in [0.25, 0.3) is 0 Å². The van der Waals surface area contributed by atoms with Gasteiger partial charge in [-0.25, -0.2) is 0 Å². The first-order valence-corrected chi connectivity index (χ1v) is 6.26. The molecule has 1 aliphatic rings. The number of aryl methyl sites for hydroxylation is 1. The van der Waals surface area contributed by atoms with Gasteiger partial charge in [0.1, 0.15) is 5.60 Å². The molecule has 0 saturated heterocycles. The Kier molecular flexibility index (Phi) is 3.96. The summed E-state index contributed by atoms with van der Waals surface area (Å²) in [4.78, 5) is 14.8. The topological polar surface area (TPSA) is 85.5 Å². The number of aliphatic carboxylic acids is 1. The van der Waals surface area contributed by atoms with Crippen LogP contribution in [0.15, 0.2) is 4.52 Å². The number of carboxylic acids is 1. The Hall–Kier alpha value is -1.43. The Bertz CT molecular complexity index is 410. The molecule has 18 heavy (non-hydrogen) atoms. The highest BCUT2D eigenvalue weighted by molar-refractivity contribution is 5.66. The van der Waals surface area contributed by atoms with Crippen molar-refractivity contribution < 1.29 is 19.2 Å². The van der Waals surface area contributed by atoms with Crippen LogP contribution in [-0.2, 0) is 21.6 Å². The minimum absolute atomic E-state index is 0.00160. The van der Waals surface area contributed by atoms with Crippen LogP contribution in [0.4, 0.5) is 0 Å². The zero-order chi connectivity index (χ0) is 13.0. The van der Waals surface area contributed by atoms with Crippen molar-refractivity contribution in [2.24, 2.45) is 0 Å². The Balaban J connectivity index is 2.09. The van der Waals surface area contributed by atoms with Gasteiger partial charge in [-0.2, -0.15) is 4.98 Å². The molecule has 6 heteroatoms. The first-order chi connectivity index (χ1) is 8.66. The van der Waals surface area contributed by atoms with E-state index in [1.54, 1.807) is 7.11 Å². The molecular weight excluding hydrogens is 236 g/mol. The number of rotatable bonds is 5. The molecule has 0 aromatic carbocycles. The van der Waals surface area contributed by atoms with Crippen LogP contribution in [0.25, 0.3) is 0 Å². The Morgan fingerprint density at radius 1 is 1.44 bits per heavy atom. The highest BCUT2D eigenvalue weighted by Crippen LogP contribution is 2.38. The fourth-order valence-corrected chi connectivity index (χ4v) is 2.40. The maximum absolute atomic E-state index is 10.5. The molecule has 1 aliphatic carbocycles. The van der Waals surface area contributed by atoms with Crippen LogP contribution in [0.3, 0.4) is 0 Å². The summed E-state index contributed by atoms with van der Waals surface area (Å²) < 4.78 is 10.7. The second kappa shape index (κ2) is 5.48. The highest BCUT2D eigenvalue weighted by atomic mass is 16.5. The molecule has 0 amide bonds. The molecule has 0 spiro atoms. The van der Waals surface area contributed by atoms with E-state index in [0.717, 1.165) is 25.7 Å². The van der Waals surface area contributed by atoms with Crippen molar-refractivity contribution >= 4 is 5.97 Å². The summed E-state index contributed by atoms with van der Waals surface area (Å²) in [6.07, 6.45) is 5.43. The summed E-state index contributed by atoms with van der Waals surface area (Å²) in [6.45, 7) is 0. The van der Waals surface area contributed by atoms with Gasteiger partial charge in [-0.3, -0.25) is 4.79 Å². The summed E-state index contributed by atoms with van der Waals surface area (Å²) in [7, 11) is 1.67. The molecule has 0 unspecified atom stereocenters. The first-order valence-electron chi connectivity index (χ1n) is 6.26. The van der Waals surface area contributed by atoms with E-state index in [9.17, 15) is 4.79 Å². The standard InChI is InChI=1S/C12H18N2O4/c1-17-12(7-3-2-4-8-12)11-13-9(18-14-11)5-6-10(15)16/h2-8H2,1H3,(H,15,16). The van der Waals surface area contributed by atoms with E-state index in [2.05, 4.69) is 10.1 Å². The number of aromatic nitrogens is 2. The van der Waals surface area contributed by atoms with Gasteiger partial charge in [-0.15, -0.1) is 0 Å². The highest BCUT2D eigenvalue weighted by Gasteiger charge is 2.38. The molecule has 0 radical (unpaired) electrons. The molecule has 100 valence electrons. The minimum atomic E-state index is -0.867. The maximum atomic E-state index is 10.5. The van der Waals surface area contributed by atoms with Crippen molar-refractivity contribution in [1.29, 1.82) is 0 Å². The smallest absolute Gasteiger partial charge is 0.303 e. The monoisotopic (exact) mass is 254 g/mol. The van der Waals surface area contributed by atoms with E-state index in [-0.39, 0.29) is 12.8 Å². The molecule has 1 aromatic rings. The number of hydrogen-bond acceptors (Lipinski definition) is 5. The Morgan fingerprint density at radius 2 is 2.17 bits per heavy atom. The first kappa shape index (κ1) is 13.0. The fraction of sp³-hybridized carbons (Fsp3) is 0.750. The van der Waals surface area contributed by atoms with Crippen LogP contribution in [0.2, 0.25) is 0 Å². The molecule has 1 heterocycles. The molecular formula is C12H18N2O4. The molecule has 0 atom stereocenters. The number of carbonyl (C=O) groups is 1. The average Bonchev–Trinajstić information content (AvgIpc) is 2.86. The van der Waals surface area contributed by atoms with E-state index >= 15 is 0 Å². The Morgan fingerprint density at radius 3 is 2.78 bits per heavy atom. The Labute approximate surface area is 105 Å². The summed E-state index contributed by atoms with van der Waals surface area (Å²) >= 11 is 0. The quantitative estimate of drug-likeness (QED) is 0.863. The summed E-state index contributed by atoms with van der Waals surface area (Å²) in [6, 6.07) is 0. The van der Waals surface area contributed by atoms with Crippen LogP contribution in [0.5, 0.6) is 0 Å². The molecule has 0 aliphatic heterocycles. The van der Waals surface area contributed by atoms with Gasteiger partial charge >= 0.3 is 5.97 Å². The zero-order valence-corrected chi connectivity index (χ0v) is 10.5. The number of nitrogens with zero attached hydrogens (tertiary/aromatic N) is 2. The molecule has 6 nitrogen and oxygen atoms in total. The lowest BCUT2D eigenvalue weighted by Gasteiger charge is -2.32. The van der Waals surface area contributed by atoms with Crippen LogP contribution >= 0.6 is 0 Å². The van der Waals surface area contributed by atoms with Crippen molar-refractivity contribution in [1.82, 2.24) is 10.1 Å². The van der Waals surface area contributed by atoms with Gasteiger partial charge in [-0.05, 0) is 12.8 Å². The van der Waals surface area contributed by atoms with Crippen molar-refractivity contribution in [3.05, 3.63) is 11.7 Å². The summed E-state index contributed by atoms with van der Waals surface area (Å²) in [5.41, 5.74) is -0.441.